The summed E-state index contributed by atoms with van der Waals surface area (Å²) in [6.07, 6.45) is -0.553. The Hall–Kier alpha value is -2.18. The minimum atomic E-state index is -0.553. The highest BCUT2D eigenvalue weighted by atomic mass is 35.5. The van der Waals surface area contributed by atoms with Crippen molar-refractivity contribution in [1.82, 2.24) is 9.97 Å². The molecule has 2 heterocycles. The van der Waals surface area contributed by atoms with Crippen molar-refractivity contribution in [1.29, 1.82) is 0 Å². The van der Waals surface area contributed by atoms with E-state index in [4.69, 9.17) is 16.3 Å². The van der Waals surface area contributed by atoms with Gasteiger partial charge in [0.2, 0.25) is 0 Å². The van der Waals surface area contributed by atoms with Gasteiger partial charge in [-0.25, -0.2) is 14.8 Å². The number of benzene rings is 1. The zero-order valence-electron chi connectivity index (χ0n) is 13.3. The fraction of sp³-hybridized carbons (Fsp3) is 0.235. The lowest BCUT2D eigenvalue weighted by Gasteiger charge is -2.09. The molecule has 3 aromatic rings. The van der Waals surface area contributed by atoms with Crippen LogP contribution in [0.15, 0.2) is 30.3 Å². The third kappa shape index (κ3) is 3.49. The smallest absolute Gasteiger partial charge is 0.413 e. The molecule has 3 rings (SSSR count). The van der Waals surface area contributed by atoms with Crippen molar-refractivity contribution < 1.29 is 9.53 Å². The molecule has 0 unspecified atom stereocenters. The first-order valence-electron chi connectivity index (χ1n) is 7.38. The summed E-state index contributed by atoms with van der Waals surface area (Å²) in [5.41, 5.74) is 1.97. The monoisotopic (exact) mass is 361 g/mol. The number of anilines is 1. The highest BCUT2D eigenvalue weighted by molar-refractivity contribution is 7.18. The predicted molar refractivity (Wildman–Crippen MR) is 96.7 cm³/mol. The molecule has 0 aliphatic heterocycles. The SMILES string of the molecule is Cc1sc2nc(CCl)nc(NC(=O)OCc3ccccc3)c2c1C. The fourth-order valence-corrected chi connectivity index (χ4v) is 3.47. The number of carbonyl (C=O) groups excluding carboxylic acids is 1. The molecule has 0 saturated heterocycles. The van der Waals surface area contributed by atoms with E-state index in [2.05, 4.69) is 15.3 Å². The lowest BCUT2D eigenvalue weighted by molar-refractivity contribution is 0.155. The summed E-state index contributed by atoms with van der Waals surface area (Å²) in [5.74, 6) is 1.10. The van der Waals surface area contributed by atoms with Gasteiger partial charge in [0.05, 0.1) is 11.3 Å². The highest BCUT2D eigenvalue weighted by Crippen LogP contribution is 2.33. The number of amides is 1. The van der Waals surface area contributed by atoms with Crippen LogP contribution in [0.5, 0.6) is 0 Å². The van der Waals surface area contributed by atoms with Crippen LogP contribution in [0.1, 0.15) is 21.8 Å². The maximum atomic E-state index is 12.1. The minimum Gasteiger partial charge on any atom is -0.444 e. The first-order chi connectivity index (χ1) is 11.6. The van der Waals surface area contributed by atoms with Crippen molar-refractivity contribution >= 4 is 45.1 Å². The van der Waals surface area contributed by atoms with Gasteiger partial charge in [0, 0.05) is 4.88 Å². The number of ether oxygens (including phenoxy) is 1. The van der Waals surface area contributed by atoms with Crippen LogP contribution >= 0.6 is 22.9 Å². The number of thiophene rings is 1. The Labute approximate surface area is 148 Å². The van der Waals surface area contributed by atoms with Crippen LogP contribution in [0.2, 0.25) is 0 Å². The van der Waals surface area contributed by atoms with E-state index in [0.29, 0.717) is 11.6 Å². The molecule has 1 amide bonds. The summed E-state index contributed by atoms with van der Waals surface area (Å²) in [5, 5.41) is 3.56. The molecule has 7 heteroatoms. The number of halogens is 1. The van der Waals surface area contributed by atoms with Gasteiger partial charge >= 0.3 is 6.09 Å². The molecular formula is C17H16ClN3O2S. The predicted octanol–water partition coefficient (Wildman–Crippen LogP) is 4.80. The second-order valence-corrected chi connectivity index (χ2v) is 6.74. The van der Waals surface area contributed by atoms with Crippen molar-refractivity contribution in [3.05, 3.63) is 52.2 Å². The molecule has 5 nitrogen and oxygen atoms in total. The van der Waals surface area contributed by atoms with Gasteiger partial charge in [-0.2, -0.15) is 0 Å². The number of nitrogens with one attached hydrogen (secondary N) is 1. The number of alkyl halides is 1. The Bertz CT molecular complexity index is 880. The molecule has 0 aliphatic rings. The number of hydrogen-bond acceptors (Lipinski definition) is 5. The third-order valence-electron chi connectivity index (χ3n) is 3.63. The maximum Gasteiger partial charge on any atom is 0.413 e. The van der Waals surface area contributed by atoms with E-state index in [9.17, 15) is 4.79 Å². The van der Waals surface area contributed by atoms with E-state index in [0.717, 1.165) is 26.2 Å². The summed E-state index contributed by atoms with van der Waals surface area (Å²) >= 11 is 7.42. The van der Waals surface area contributed by atoms with Gasteiger partial charge in [0.1, 0.15) is 23.1 Å². The summed E-state index contributed by atoms with van der Waals surface area (Å²) in [7, 11) is 0. The van der Waals surface area contributed by atoms with Gasteiger partial charge in [0.15, 0.2) is 0 Å². The van der Waals surface area contributed by atoms with Gasteiger partial charge in [-0.3, -0.25) is 5.32 Å². The zero-order valence-corrected chi connectivity index (χ0v) is 14.9. The largest absolute Gasteiger partial charge is 0.444 e. The number of aromatic nitrogens is 2. The molecule has 1 aromatic carbocycles. The van der Waals surface area contributed by atoms with Crippen molar-refractivity contribution in [2.75, 3.05) is 5.32 Å². The zero-order chi connectivity index (χ0) is 17.1. The Kier molecular flexibility index (Phi) is 4.97. The molecule has 0 spiro atoms. The number of hydrogen-bond donors (Lipinski definition) is 1. The normalized spacial score (nSPS) is 10.8. The Balaban J connectivity index is 1.82. The average molecular weight is 362 g/mol. The Morgan fingerprint density at radius 2 is 2.00 bits per heavy atom. The first-order valence-corrected chi connectivity index (χ1v) is 8.74. The molecule has 0 aliphatic carbocycles. The van der Waals surface area contributed by atoms with Crippen LogP contribution in [-0.2, 0) is 17.2 Å². The van der Waals surface area contributed by atoms with E-state index >= 15 is 0 Å². The molecule has 0 bridgehead atoms. The van der Waals surface area contributed by atoms with E-state index in [1.54, 1.807) is 11.3 Å². The summed E-state index contributed by atoms with van der Waals surface area (Å²) < 4.78 is 5.26. The lowest BCUT2D eigenvalue weighted by atomic mass is 10.2. The molecule has 24 heavy (non-hydrogen) atoms. The summed E-state index contributed by atoms with van der Waals surface area (Å²) in [6.45, 7) is 4.20. The Morgan fingerprint density at radius 1 is 1.25 bits per heavy atom. The van der Waals surface area contributed by atoms with Gasteiger partial charge in [0.25, 0.3) is 0 Å². The van der Waals surface area contributed by atoms with E-state index in [1.807, 2.05) is 44.2 Å². The van der Waals surface area contributed by atoms with Crippen LogP contribution in [0.25, 0.3) is 10.2 Å². The number of aryl methyl sites for hydroxylation is 2. The van der Waals surface area contributed by atoms with Crippen LogP contribution in [0, 0.1) is 13.8 Å². The highest BCUT2D eigenvalue weighted by Gasteiger charge is 2.16. The molecular weight excluding hydrogens is 346 g/mol. The molecule has 0 saturated carbocycles. The molecule has 0 atom stereocenters. The Morgan fingerprint density at radius 3 is 2.71 bits per heavy atom. The van der Waals surface area contributed by atoms with Gasteiger partial charge < -0.3 is 4.74 Å². The van der Waals surface area contributed by atoms with E-state index in [-0.39, 0.29) is 12.5 Å². The summed E-state index contributed by atoms with van der Waals surface area (Å²) in [6, 6.07) is 9.50. The molecule has 0 fully saturated rings. The third-order valence-corrected chi connectivity index (χ3v) is 4.97. The quantitative estimate of drug-likeness (QED) is 0.678. The van der Waals surface area contributed by atoms with Gasteiger partial charge in [-0.1, -0.05) is 30.3 Å². The summed E-state index contributed by atoms with van der Waals surface area (Å²) in [4.78, 5) is 22.8. The van der Waals surface area contributed by atoms with Gasteiger partial charge in [-0.15, -0.1) is 22.9 Å². The number of rotatable bonds is 4. The van der Waals surface area contributed by atoms with Crippen molar-refractivity contribution in [3.8, 4) is 0 Å². The van der Waals surface area contributed by atoms with Crippen LogP contribution in [0.4, 0.5) is 10.6 Å². The topological polar surface area (TPSA) is 64.1 Å². The second-order valence-electron chi connectivity index (χ2n) is 5.27. The van der Waals surface area contributed by atoms with Crippen molar-refractivity contribution in [2.45, 2.75) is 26.3 Å². The first kappa shape index (κ1) is 16.7. The molecule has 0 radical (unpaired) electrons. The van der Waals surface area contributed by atoms with E-state index in [1.165, 1.54) is 0 Å². The van der Waals surface area contributed by atoms with Crippen LogP contribution in [0.3, 0.4) is 0 Å². The van der Waals surface area contributed by atoms with Crippen molar-refractivity contribution in [3.63, 3.8) is 0 Å². The molecule has 124 valence electrons. The van der Waals surface area contributed by atoms with Crippen LogP contribution in [-0.4, -0.2) is 16.1 Å². The standard InChI is InChI=1S/C17H16ClN3O2S/c1-10-11(2)24-16-14(10)15(19-13(8-18)20-16)21-17(22)23-9-12-6-4-3-5-7-12/h3-7H,8-9H2,1-2H3,(H,19,20,21,22). The average Bonchev–Trinajstić information content (AvgIpc) is 2.88. The fourth-order valence-electron chi connectivity index (χ4n) is 2.30. The lowest BCUT2D eigenvalue weighted by Crippen LogP contribution is -2.15. The number of nitrogens with zero attached hydrogens (tertiary/aromatic N) is 2. The minimum absolute atomic E-state index is 0.180. The van der Waals surface area contributed by atoms with E-state index < -0.39 is 6.09 Å². The number of fused-ring (bicyclic) bond motifs is 1. The molecule has 1 N–H and O–H groups in total. The van der Waals surface area contributed by atoms with Crippen LogP contribution < -0.4 is 5.32 Å². The number of carbonyl (C=O) groups is 1. The van der Waals surface area contributed by atoms with Gasteiger partial charge in [-0.05, 0) is 25.0 Å². The van der Waals surface area contributed by atoms with Crippen molar-refractivity contribution in [2.24, 2.45) is 0 Å². The maximum absolute atomic E-state index is 12.1. The second kappa shape index (κ2) is 7.15. The molecule has 2 aromatic heterocycles.